The van der Waals surface area contributed by atoms with Gasteiger partial charge in [-0.3, -0.25) is 23.0 Å². The fraction of sp³-hybridized carbons (Fsp3) is 0.455. The van der Waals surface area contributed by atoms with Gasteiger partial charge in [-0.1, -0.05) is 30.3 Å². The number of ether oxygens (including phenoxy) is 2. The summed E-state index contributed by atoms with van der Waals surface area (Å²) in [5.74, 6) is -0.503. The highest BCUT2D eigenvalue weighted by atomic mass is 31.3. The first-order valence-electron chi connectivity index (χ1n) is 11.8. The number of nitrogens with one attached hydrogen (secondary N) is 1. The summed E-state index contributed by atoms with van der Waals surface area (Å²) < 4.78 is 54.1. The smallest absolute Gasteiger partial charge is 0.460 e. The number of imidazole rings is 1. The third kappa shape index (κ3) is 7.27. The summed E-state index contributed by atoms with van der Waals surface area (Å²) in [6, 6.07) is 7.99. The highest BCUT2D eigenvalue weighted by Crippen LogP contribution is 2.61. The van der Waals surface area contributed by atoms with Gasteiger partial charge in [-0.05, 0) is 12.5 Å². The van der Waals surface area contributed by atoms with Crippen molar-refractivity contribution in [3.8, 4) is 0 Å². The molecule has 17 heteroatoms. The topological polar surface area (TPSA) is 199 Å². The molecular formula is C22H30N6O9P2. The minimum atomic E-state index is -4.36. The van der Waals surface area contributed by atoms with Gasteiger partial charge in [0.05, 0.1) is 19.0 Å². The molecule has 0 aliphatic carbocycles. The predicted molar refractivity (Wildman–Crippen MR) is 138 cm³/mol. The molecule has 4 N–H and O–H groups in total. The fourth-order valence-corrected chi connectivity index (χ4v) is 7.33. The lowest BCUT2D eigenvalue weighted by atomic mass is 10.2. The van der Waals surface area contributed by atoms with Crippen LogP contribution in [0.3, 0.4) is 0 Å². The summed E-state index contributed by atoms with van der Waals surface area (Å²) >= 11 is 0. The minimum absolute atomic E-state index is 0.0314. The molecule has 2 aromatic heterocycles. The molecule has 1 aromatic carbocycles. The number of carbonyl (C=O) groups is 1. The summed E-state index contributed by atoms with van der Waals surface area (Å²) in [5, 5.41) is 13.1. The number of carbonyl (C=O) groups excluding carboxylic acids is 1. The Morgan fingerprint density at radius 3 is 2.74 bits per heavy atom. The van der Waals surface area contributed by atoms with E-state index in [-0.39, 0.29) is 25.5 Å². The van der Waals surface area contributed by atoms with Crippen molar-refractivity contribution in [3.05, 3.63) is 48.5 Å². The molecule has 4 rings (SSSR count). The summed E-state index contributed by atoms with van der Waals surface area (Å²) in [7, 11) is -7.19. The molecule has 15 nitrogen and oxygen atoms in total. The lowest BCUT2D eigenvalue weighted by molar-refractivity contribution is -0.146. The van der Waals surface area contributed by atoms with E-state index in [1.807, 2.05) is 18.2 Å². The molecule has 39 heavy (non-hydrogen) atoms. The molecule has 6 atom stereocenters. The SMILES string of the molecule is COP(=O)(OC[C@@H]1C[C@H](O)[C@H](n2cnc3c(N)ncnc32)O1)OP(C)(=O)N[C@@H](C)C(=O)OCc1ccccc1. The number of nitrogens with two attached hydrogens (primary N) is 1. The molecule has 212 valence electrons. The maximum atomic E-state index is 13.1. The van der Waals surface area contributed by atoms with Crippen LogP contribution in [0.1, 0.15) is 25.1 Å². The van der Waals surface area contributed by atoms with Crippen molar-refractivity contribution >= 4 is 38.3 Å². The first-order valence-corrected chi connectivity index (χ1v) is 15.4. The number of aliphatic hydroxyl groups excluding tert-OH is 1. The number of anilines is 1. The highest BCUT2D eigenvalue weighted by Gasteiger charge is 2.40. The molecule has 0 amide bonds. The van der Waals surface area contributed by atoms with Crippen LogP contribution in [0.15, 0.2) is 43.0 Å². The van der Waals surface area contributed by atoms with Gasteiger partial charge < -0.3 is 20.3 Å². The number of nitrogen functional groups attached to an aromatic ring is 1. The number of hydrogen-bond donors (Lipinski definition) is 3. The molecule has 1 aliphatic heterocycles. The van der Waals surface area contributed by atoms with Crippen LogP contribution >= 0.6 is 15.3 Å². The van der Waals surface area contributed by atoms with E-state index in [4.69, 9.17) is 28.6 Å². The number of aromatic nitrogens is 4. The van der Waals surface area contributed by atoms with E-state index in [0.29, 0.717) is 11.2 Å². The molecule has 0 saturated carbocycles. The average Bonchev–Trinajstić information content (AvgIpc) is 3.49. The Kier molecular flexibility index (Phi) is 9.14. The van der Waals surface area contributed by atoms with Crippen molar-refractivity contribution in [2.24, 2.45) is 0 Å². The zero-order valence-electron chi connectivity index (χ0n) is 21.4. The second-order valence-corrected chi connectivity index (χ2v) is 13.0. The number of benzene rings is 1. The molecule has 2 unspecified atom stereocenters. The molecule has 1 saturated heterocycles. The zero-order valence-corrected chi connectivity index (χ0v) is 23.2. The largest absolute Gasteiger partial charge is 0.481 e. The Balaban J connectivity index is 1.31. The second-order valence-electron chi connectivity index (χ2n) is 8.83. The number of phosphoric ester groups is 1. The van der Waals surface area contributed by atoms with Crippen LogP contribution in [0.25, 0.3) is 11.2 Å². The van der Waals surface area contributed by atoms with Crippen LogP contribution < -0.4 is 10.8 Å². The predicted octanol–water partition coefficient (Wildman–Crippen LogP) is 2.39. The van der Waals surface area contributed by atoms with Gasteiger partial charge in [0.25, 0.3) is 7.52 Å². The van der Waals surface area contributed by atoms with Gasteiger partial charge in [0.2, 0.25) is 0 Å². The third-order valence-electron chi connectivity index (χ3n) is 5.73. The van der Waals surface area contributed by atoms with Crippen LogP contribution in [-0.2, 0) is 43.4 Å². The van der Waals surface area contributed by atoms with Crippen molar-refractivity contribution in [2.45, 2.75) is 44.4 Å². The van der Waals surface area contributed by atoms with E-state index >= 15 is 0 Å². The van der Waals surface area contributed by atoms with Crippen molar-refractivity contribution in [1.29, 1.82) is 0 Å². The standard InChI is InChI=1S/C22H30N6O9P2/c1-14(22(30)34-10-15-7-5-4-6-8-15)27-38(3,31)37-39(32,33-2)35-11-16-9-17(29)21(36-16)28-13-26-18-19(23)24-12-25-20(18)28/h4-8,12-14,16-17,21,29H,9-11H2,1-3H3,(H,27,31)(H2,23,24,25)/t14-,16-,17-,21+,38?,39?/m0/s1. The second kappa shape index (κ2) is 12.2. The van der Waals surface area contributed by atoms with E-state index in [2.05, 4.69) is 20.0 Å². The van der Waals surface area contributed by atoms with E-state index in [1.165, 1.54) is 24.1 Å². The quantitative estimate of drug-likeness (QED) is 0.207. The molecule has 1 fully saturated rings. The molecule has 0 radical (unpaired) electrons. The van der Waals surface area contributed by atoms with Crippen LogP contribution in [0.2, 0.25) is 0 Å². The Morgan fingerprint density at radius 1 is 1.28 bits per heavy atom. The number of hydrogen-bond acceptors (Lipinski definition) is 13. The van der Waals surface area contributed by atoms with Crippen molar-refractivity contribution in [1.82, 2.24) is 24.6 Å². The van der Waals surface area contributed by atoms with Crippen LogP contribution in [0, 0.1) is 0 Å². The van der Waals surface area contributed by atoms with Gasteiger partial charge >= 0.3 is 13.8 Å². The number of nitrogens with zero attached hydrogens (tertiary/aromatic N) is 4. The van der Waals surface area contributed by atoms with Gasteiger partial charge in [-0.25, -0.2) is 28.9 Å². The van der Waals surface area contributed by atoms with E-state index in [0.717, 1.165) is 19.3 Å². The minimum Gasteiger partial charge on any atom is -0.460 e. The molecule has 0 spiro atoms. The summed E-state index contributed by atoms with van der Waals surface area (Å²) in [6.07, 6.45) is 0.219. The van der Waals surface area contributed by atoms with E-state index < -0.39 is 45.8 Å². The zero-order chi connectivity index (χ0) is 28.2. The third-order valence-corrected chi connectivity index (χ3v) is 9.55. The van der Waals surface area contributed by atoms with Crippen molar-refractivity contribution in [3.63, 3.8) is 0 Å². The summed E-state index contributed by atoms with van der Waals surface area (Å²) in [4.78, 5) is 24.5. The maximum Gasteiger partial charge on any atom is 0.481 e. The summed E-state index contributed by atoms with van der Waals surface area (Å²) in [6.45, 7) is 2.27. The van der Waals surface area contributed by atoms with Crippen LogP contribution in [0.4, 0.5) is 5.82 Å². The van der Waals surface area contributed by atoms with Gasteiger partial charge in [0.1, 0.15) is 30.6 Å². The highest BCUT2D eigenvalue weighted by molar-refractivity contribution is 7.66. The fourth-order valence-electron chi connectivity index (χ4n) is 3.90. The monoisotopic (exact) mass is 584 g/mol. The molecular weight excluding hydrogens is 554 g/mol. The van der Waals surface area contributed by atoms with Gasteiger partial charge in [0, 0.05) is 20.2 Å². The van der Waals surface area contributed by atoms with E-state index in [1.54, 1.807) is 12.1 Å². The number of aliphatic hydroxyl groups is 1. The lowest BCUT2D eigenvalue weighted by Crippen LogP contribution is -2.33. The van der Waals surface area contributed by atoms with Crippen LogP contribution in [0.5, 0.6) is 0 Å². The Bertz CT molecular complexity index is 1390. The summed E-state index contributed by atoms with van der Waals surface area (Å²) in [5.41, 5.74) is 7.32. The first kappa shape index (κ1) is 29.2. The normalized spacial score (nSPS) is 23.2. The number of esters is 1. The Labute approximate surface area is 224 Å². The number of fused-ring (bicyclic) bond motifs is 1. The van der Waals surface area contributed by atoms with Gasteiger partial charge in [-0.2, -0.15) is 0 Å². The molecule has 0 bridgehead atoms. The van der Waals surface area contributed by atoms with Crippen LogP contribution in [-0.4, -0.2) is 69.2 Å². The molecule has 3 aromatic rings. The number of phosphoric acid groups is 1. The Hall–Kier alpha value is -2.74. The van der Waals surface area contributed by atoms with E-state index in [9.17, 15) is 19.0 Å². The van der Waals surface area contributed by atoms with Crippen molar-refractivity contribution < 1.29 is 41.9 Å². The number of rotatable bonds is 12. The van der Waals surface area contributed by atoms with Crippen molar-refractivity contribution in [2.75, 3.05) is 26.1 Å². The Morgan fingerprint density at radius 2 is 2.03 bits per heavy atom. The van der Waals surface area contributed by atoms with Gasteiger partial charge in [-0.15, -0.1) is 0 Å². The van der Waals surface area contributed by atoms with Gasteiger partial charge in [0.15, 0.2) is 17.7 Å². The maximum absolute atomic E-state index is 13.1. The lowest BCUT2D eigenvalue weighted by Gasteiger charge is -2.24. The average molecular weight is 584 g/mol. The molecule has 3 heterocycles. The molecule has 1 aliphatic rings. The first-order chi connectivity index (χ1) is 18.5.